The molecule has 1 amide bonds. The molecule has 1 aromatic heterocycles. The van der Waals surface area contributed by atoms with Crippen molar-refractivity contribution < 1.29 is 4.79 Å². The Morgan fingerprint density at radius 2 is 2.19 bits per heavy atom. The van der Waals surface area contributed by atoms with Crippen LogP contribution in [0.5, 0.6) is 0 Å². The highest BCUT2D eigenvalue weighted by molar-refractivity contribution is 9.10. The normalized spacial score (nSPS) is 10.5. The van der Waals surface area contributed by atoms with Gasteiger partial charge >= 0.3 is 0 Å². The molecule has 7 heteroatoms. The Bertz CT molecular complexity index is 395. The molecule has 0 spiro atoms. The van der Waals surface area contributed by atoms with Crippen LogP contribution in [-0.4, -0.2) is 28.5 Å². The van der Waals surface area contributed by atoms with E-state index in [2.05, 4.69) is 25.9 Å². The predicted molar refractivity (Wildman–Crippen MR) is 65.8 cm³/mol. The lowest BCUT2D eigenvalue weighted by Crippen LogP contribution is -2.39. The maximum Gasteiger partial charge on any atom is 0.237 e. The third kappa shape index (κ3) is 2.82. The van der Waals surface area contributed by atoms with Gasteiger partial charge in [-0.3, -0.25) is 4.79 Å². The minimum Gasteiger partial charge on any atom is -0.383 e. The van der Waals surface area contributed by atoms with Crippen LogP contribution in [0.1, 0.15) is 13.8 Å². The summed E-state index contributed by atoms with van der Waals surface area (Å²) in [4.78, 5) is 20.7. The van der Waals surface area contributed by atoms with Gasteiger partial charge < -0.3 is 16.4 Å². The fourth-order valence-corrected chi connectivity index (χ4v) is 1.68. The number of amides is 1. The van der Waals surface area contributed by atoms with Gasteiger partial charge in [-0.2, -0.15) is 0 Å². The van der Waals surface area contributed by atoms with Crippen molar-refractivity contribution in [3.63, 3.8) is 0 Å². The van der Waals surface area contributed by atoms with E-state index in [9.17, 15) is 4.79 Å². The first-order valence-corrected chi connectivity index (χ1v) is 5.53. The quantitative estimate of drug-likeness (QED) is 0.841. The zero-order chi connectivity index (χ0) is 12.3. The van der Waals surface area contributed by atoms with Crippen molar-refractivity contribution in [2.75, 3.05) is 17.2 Å². The second kappa shape index (κ2) is 5.11. The SMILES string of the molecule is CC(C)N(CC(N)=O)c1ncnc(N)c1Br. The number of nitrogens with zero attached hydrogens (tertiary/aromatic N) is 3. The lowest BCUT2D eigenvalue weighted by molar-refractivity contribution is -0.116. The zero-order valence-electron chi connectivity index (χ0n) is 9.14. The van der Waals surface area contributed by atoms with Crippen molar-refractivity contribution in [3.05, 3.63) is 10.8 Å². The lowest BCUT2D eigenvalue weighted by Gasteiger charge is -2.27. The van der Waals surface area contributed by atoms with Gasteiger partial charge in [0.2, 0.25) is 5.91 Å². The van der Waals surface area contributed by atoms with E-state index in [1.165, 1.54) is 6.33 Å². The zero-order valence-corrected chi connectivity index (χ0v) is 10.7. The van der Waals surface area contributed by atoms with Crippen LogP contribution in [-0.2, 0) is 4.79 Å². The summed E-state index contributed by atoms with van der Waals surface area (Å²) < 4.78 is 0.574. The van der Waals surface area contributed by atoms with Crippen LogP contribution in [0, 0.1) is 0 Å². The van der Waals surface area contributed by atoms with Gasteiger partial charge in [0, 0.05) is 6.04 Å². The number of primary amides is 1. The first-order chi connectivity index (χ1) is 7.43. The summed E-state index contributed by atoms with van der Waals surface area (Å²) in [6.45, 7) is 3.97. The molecule has 0 saturated heterocycles. The monoisotopic (exact) mass is 287 g/mol. The number of carbonyl (C=O) groups is 1. The fourth-order valence-electron chi connectivity index (χ4n) is 1.24. The second-order valence-electron chi connectivity index (χ2n) is 3.58. The lowest BCUT2D eigenvalue weighted by atomic mass is 10.3. The highest BCUT2D eigenvalue weighted by Gasteiger charge is 2.18. The molecule has 1 aromatic rings. The Morgan fingerprint density at radius 1 is 1.56 bits per heavy atom. The molecule has 0 unspecified atom stereocenters. The van der Waals surface area contributed by atoms with Crippen molar-refractivity contribution in [2.45, 2.75) is 19.9 Å². The Balaban J connectivity index is 3.10. The van der Waals surface area contributed by atoms with Gasteiger partial charge in [0.05, 0.1) is 6.54 Å². The van der Waals surface area contributed by atoms with Gasteiger partial charge in [0.15, 0.2) is 0 Å². The van der Waals surface area contributed by atoms with E-state index in [1.807, 2.05) is 13.8 Å². The minimum atomic E-state index is -0.419. The van der Waals surface area contributed by atoms with Gasteiger partial charge in [0.1, 0.15) is 22.4 Å². The van der Waals surface area contributed by atoms with E-state index in [-0.39, 0.29) is 12.6 Å². The topological polar surface area (TPSA) is 98.1 Å². The van der Waals surface area contributed by atoms with Gasteiger partial charge in [0.25, 0.3) is 0 Å². The first kappa shape index (κ1) is 12.7. The molecule has 0 saturated carbocycles. The van der Waals surface area contributed by atoms with Crippen LogP contribution in [0.25, 0.3) is 0 Å². The highest BCUT2D eigenvalue weighted by atomic mass is 79.9. The minimum absolute atomic E-state index is 0.0816. The van der Waals surface area contributed by atoms with E-state index >= 15 is 0 Å². The van der Waals surface area contributed by atoms with Gasteiger partial charge in [-0.25, -0.2) is 9.97 Å². The second-order valence-corrected chi connectivity index (χ2v) is 4.38. The number of nitrogens with two attached hydrogens (primary N) is 2. The maximum atomic E-state index is 11.0. The van der Waals surface area contributed by atoms with E-state index in [0.717, 1.165) is 0 Å². The van der Waals surface area contributed by atoms with Crippen LogP contribution >= 0.6 is 15.9 Å². The Kier molecular flexibility index (Phi) is 4.05. The van der Waals surface area contributed by atoms with Crippen molar-refractivity contribution >= 4 is 33.5 Å². The first-order valence-electron chi connectivity index (χ1n) is 4.74. The summed E-state index contributed by atoms with van der Waals surface area (Å²) in [6, 6.07) is 0.0816. The standard InChI is InChI=1S/C9H14BrN5O/c1-5(2)15(3-6(11)16)9-7(10)8(12)13-4-14-9/h4-5H,3H2,1-2H3,(H2,11,16)(H2,12,13,14). The summed E-state index contributed by atoms with van der Waals surface area (Å²) in [5, 5.41) is 0. The number of aromatic nitrogens is 2. The highest BCUT2D eigenvalue weighted by Crippen LogP contribution is 2.28. The maximum absolute atomic E-state index is 11.0. The molecule has 0 radical (unpaired) electrons. The van der Waals surface area contributed by atoms with Crippen molar-refractivity contribution in [3.8, 4) is 0 Å². The smallest absolute Gasteiger partial charge is 0.237 e. The van der Waals surface area contributed by atoms with Crippen molar-refractivity contribution in [1.82, 2.24) is 9.97 Å². The van der Waals surface area contributed by atoms with Gasteiger partial charge in [-0.15, -0.1) is 0 Å². The Morgan fingerprint density at radius 3 is 2.69 bits per heavy atom. The third-order valence-electron chi connectivity index (χ3n) is 2.02. The fraction of sp³-hybridized carbons (Fsp3) is 0.444. The summed E-state index contributed by atoms with van der Waals surface area (Å²) in [5.74, 6) is 0.485. The van der Waals surface area contributed by atoms with Crippen LogP contribution in [0.3, 0.4) is 0 Å². The van der Waals surface area contributed by atoms with Crippen LogP contribution in [0.2, 0.25) is 0 Å². The summed E-state index contributed by atoms with van der Waals surface area (Å²) in [7, 11) is 0. The van der Waals surface area contributed by atoms with E-state index < -0.39 is 5.91 Å². The predicted octanol–water partition coefficient (Wildman–Crippen LogP) is 0.521. The number of rotatable bonds is 4. The van der Waals surface area contributed by atoms with Crippen molar-refractivity contribution in [1.29, 1.82) is 0 Å². The molecule has 6 nitrogen and oxygen atoms in total. The van der Waals surface area contributed by atoms with Crippen molar-refractivity contribution in [2.24, 2.45) is 5.73 Å². The van der Waals surface area contributed by atoms with E-state index in [1.54, 1.807) is 4.90 Å². The number of hydrogen-bond acceptors (Lipinski definition) is 5. The molecular weight excluding hydrogens is 274 g/mol. The Labute approximate surface area is 102 Å². The van der Waals surface area contributed by atoms with Gasteiger partial charge in [-0.05, 0) is 29.8 Å². The molecular formula is C9H14BrN5O. The van der Waals surface area contributed by atoms with Crippen LogP contribution < -0.4 is 16.4 Å². The third-order valence-corrected chi connectivity index (χ3v) is 2.78. The summed E-state index contributed by atoms with van der Waals surface area (Å²) >= 11 is 3.30. The number of hydrogen-bond donors (Lipinski definition) is 2. The summed E-state index contributed by atoms with van der Waals surface area (Å²) in [5.41, 5.74) is 10.8. The average molecular weight is 288 g/mol. The molecule has 0 atom stereocenters. The molecule has 0 aliphatic rings. The molecule has 88 valence electrons. The van der Waals surface area contributed by atoms with Gasteiger partial charge in [-0.1, -0.05) is 0 Å². The molecule has 1 heterocycles. The molecule has 0 aromatic carbocycles. The molecule has 0 fully saturated rings. The van der Waals surface area contributed by atoms with Crippen LogP contribution in [0.4, 0.5) is 11.6 Å². The van der Waals surface area contributed by atoms with Crippen LogP contribution in [0.15, 0.2) is 10.8 Å². The number of carbonyl (C=O) groups excluding carboxylic acids is 1. The number of halogens is 1. The van der Waals surface area contributed by atoms with E-state index in [4.69, 9.17) is 11.5 Å². The number of anilines is 2. The largest absolute Gasteiger partial charge is 0.383 e. The molecule has 0 aliphatic carbocycles. The number of nitrogen functional groups attached to an aromatic ring is 1. The average Bonchev–Trinajstić information content (AvgIpc) is 2.18. The summed E-state index contributed by atoms with van der Waals surface area (Å²) in [6.07, 6.45) is 1.35. The molecule has 16 heavy (non-hydrogen) atoms. The Hall–Kier alpha value is -1.37. The molecule has 4 N–H and O–H groups in total. The molecule has 1 rings (SSSR count). The van der Waals surface area contributed by atoms with E-state index in [0.29, 0.717) is 16.1 Å². The molecule has 0 bridgehead atoms. The molecule has 0 aliphatic heterocycles.